The van der Waals surface area contributed by atoms with Crippen molar-refractivity contribution in [3.8, 4) is 22.9 Å². The van der Waals surface area contributed by atoms with Crippen molar-refractivity contribution < 1.29 is 27.4 Å². The molecule has 3 aromatic rings. The summed E-state index contributed by atoms with van der Waals surface area (Å²) in [5, 5.41) is 5.86. The molecule has 40 heavy (non-hydrogen) atoms. The molecule has 1 fully saturated rings. The minimum absolute atomic E-state index is 0.0603. The number of rotatable bonds is 7. The van der Waals surface area contributed by atoms with Gasteiger partial charge in [0.1, 0.15) is 23.8 Å². The number of ether oxygens (including phenoxy) is 3. The van der Waals surface area contributed by atoms with Gasteiger partial charge in [-0.25, -0.2) is 23.4 Å². The number of aromatic nitrogens is 3. The van der Waals surface area contributed by atoms with E-state index in [2.05, 4.69) is 30.5 Å². The highest BCUT2D eigenvalue weighted by molar-refractivity contribution is 7.90. The molecule has 1 saturated heterocycles. The molecular weight excluding hydrogens is 536 g/mol. The van der Waals surface area contributed by atoms with Crippen molar-refractivity contribution in [3.63, 3.8) is 0 Å². The van der Waals surface area contributed by atoms with E-state index < -0.39 is 15.4 Å². The average molecular weight is 569 g/mol. The lowest BCUT2D eigenvalue weighted by Gasteiger charge is -2.31. The number of pyridine rings is 3. The van der Waals surface area contributed by atoms with Crippen molar-refractivity contribution in [3.05, 3.63) is 36.5 Å². The van der Waals surface area contributed by atoms with Crippen molar-refractivity contribution in [1.29, 1.82) is 0 Å². The monoisotopic (exact) mass is 568 g/mol. The molecule has 0 spiro atoms. The standard InChI is InChI=1S/C27H32N6O6S/c1-16(34)29-23-12-21(19(13-28-23)20-6-7-22-26(31-20)38-15-27(2,3)39-22)30-24-10-17(11-25(32-24)40(5,35)36)33-9-8-18(14-33)37-4/h6-7,10-13,18H,8-9,14-15H2,1-5H3,(H2,28,29,30,32,34). The predicted octanol–water partition coefficient (Wildman–Crippen LogP) is 3.42. The van der Waals surface area contributed by atoms with Crippen molar-refractivity contribution in [2.75, 3.05) is 48.6 Å². The summed E-state index contributed by atoms with van der Waals surface area (Å²) in [6.45, 7) is 6.94. The number of methoxy groups -OCH3 is 1. The molecule has 0 aromatic carbocycles. The lowest BCUT2D eigenvalue weighted by atomic mass is 10.1. The SMILES string of the molecule is COC1CCN(c2cc(Nc3cc(NC(C)=O)ncc3-c3ccc4c(n3)OCC(C)(C)O4)nc(S(C)(=O)=O)c2)C1. The van der Waals surface area contributed by atoms with Gasteiger partial charge >= 0.3 is 0 Å². The Kier molecular flexibility index (Phi) is 7.27. The molecule has 0 saturated carbocycles. The lowest BCUT2D eigenvalue weighted by molar-refractivity contribution is -0.114. The van der Waals surface area contributed by atoms with Crippen LogP contribution in [0.15, 0.2) is 41.6 Å². The first-order valence-electron chi connectivity index (χ1n) is 12.8. The molecule has 1 atom stereocenters. The number of hydrogen-bond acceptors (Lipinski definition) is 11. The van der Waals surface area contributed by atoms with Gasteiger partial charge in [0.05, 0.1) is 17.5 Å². The molecule has 2 N–H and O–H groups in total. The third-order valence-corrected chi connectivity index (χ3v) is 7.49. The summed E-state index contributed by atoms with van der Waals surface area (Å²) in [5.41, 5.74) is 1.85. The second-order valence-corrected chi connectivity index (χ2v) is 12.4. The van der Waals surface area contributed by atoms with Crippen LogP contribution in [0.25, 0.3) is 11.3 Å². The van der Waals surface area contributed by atoms with Crippen LogP contribution >= 0.6 is 0 Å². The summed E-state index contributed by atoms with van der Waals surface area (Å²) >= 11 is 0. The number of nitrogens with zero attached hydrogens (tertiary/aromatic N) is 4. The fourth-order valence-corrected chi connectivity index (χ4v) is 5.16. The van der Waals surface area contributed by atoms with Crippen LogP contribution in [-0.2, 0) is 19.4 Å². The number of carbonyl (C=O) groups is 1. The largest absolute Gasteiger partial charge is 0.479 e. The first kappa shape index (κ1) is 27.6. The van der Waals surface area contributed by atoms with E-state index in [1.165, 1.54) is 6.92 Å². The molecule has 1 amide bonds. The molecule has 2 aliphatic rings. The van der Waals surface area contributed by atoms with E-state index in [9.17, 15) is 13.2 Å². The number of hydrogen-bond donors (Lipinski definition) is 2. The van der Waals surface area contributed by atoms with Gasteiger partial charge in [0, 0.05) is 63.0 Å². The van der Waals surface area contributed by atoms with Crippen LogP contribution < -0.4 is 25.0 Å². The number of carbonyl (C=O) groups excluding carboxylic acids is 1. The zero-order valence-electron chi connectivity index (χ0n) is 23.0. The third kappa shape index (κ3) is 6.10. The van der Waals surface area contributed by atoms with Gasteiger partial charge in [0.25, 0.3) is 5.88 Å². The summed E-state index contributed by atoms with van der Waals surface area (Å²) in [6.07, 6.45) is 3.58. The van der Waals surface area contributed by atoms with Crippen LogP contribution in [-0.4, -0.2) is 74.0 Å². The van der Waals surface area contributed by atoms with Gasteiger partial charge < -0.3 is 29.7 Å². The fraction of sp³-hybridized carbons (Fsp3) is 0.407. The van der Waals surface area contributed by atoms with Crippen LogP contribution in [0.3, 0.4) is 0 Å². The molecule has 5 heterocycles. The van der Waals surface area contributed by atoms with E-state index in [4.69, 9.17) is 14.2 Å². The molecule has 0 aliphatic carbocycles. The lowest BCUT2D eigenvalue weighted by Crippen LogP contribution is -2.39. The zero-order valence-corrected chi connectivity index (χ0v) is 23.8. The Morgan fingerprint density at radius 1 is 1.18 bits per heavy atom. The highest BCUT2D eigenvalue weighted by atomic mass is 32.2. The van der Waals surface area contributed by atoms with E-state index in [1.54, 1.807) is 43.6 Å². The fourth-order valence-electron chi connectivity index (χ4n) is 4.56. The zero-order chi connectivity index (χ0) is 28.7. The predicted molar refractivity (Wildman–Crippen MR) is 150 cm³/mol. The summed E-state index contributed by atoms with van der Waals surface area (Å²) in [6, 6.07) is 8.56. The van der Waals surface area contributed by atoms with E-state index in [0.717, 1.165) is 19.2 Å². The number of sulfone groups is 1. The van der Waals surface area contributed by atoms with Gasteiger partial charge in [-0.05, 0) is 38.5 Å². The maximum Gasteiger partial charge on any atom is 0.257 e. The molecule has 0 radical (unpaired) electrons. The van der Waals surface area contributed by atoms with E-state index in [-0.39, 0.29) is 17.0 Å². The van der Waals surface area contributed by atoms with E-state index >= 15 is 0 Å². The number of nitrogens with one attached hydrogen (secondary N) is 2. The van der Waals surface area contributed by atoms with Crippen LogP contribution in [0.4, 0.5) is 23.0 Å². The van der Waals surface area contributed by atoms with Crippen molar-refractivity contribution >= 4 is 38.8 Å². The third-order valence-electron chi connectivity index (χ3n) is 6.52. The minimum atomic E-state index is -3.62. The van der Waals surface area contributed by atoms with Crippen LogP contribution in [0.2, 0.25) is 0 Å². The first-order valence-corrected chi connectivity index (χ1v) is 14.7. The molecule has 12 nitrogen and oxygen atoms in total. The Labute approximate surface area is 233 Å². The molecule has 5 rings (SSSR count). The maximum absolute atomic E-state index is 12.5. The second kappa shape index (κ2) is 10.5. The Balaban J connectivity index is 1.56. The molecule has 3 aromatic heterocycles. The summed E-state index contributed by atoms with van der Waals surface area (Å²) in [7, 11) is -1.95. The van der Waals surface area contributed by atoms with E-state index in [1.807, 2.05) is 13.8 Å². The van der Waals surface area contributed by atoms with Crippen LogP contribution in [0.1, 0.15) is 27.2 Å². The Bertz CT molecular complexity index is 1560. The van der Waals surface area contributed by atoms with Gasteiger partial charge in [0.2, 0.25) is 5.91 Å². The van der Waals surface area contributed by atoms with Gasteiger partial charge in [-0.15, -0.1) is 0 Å². The van der Waals surface area contributed by atoms with Crippen molar-refractivity contribution in [1.82, 2.24) is 15.0 Å². The minimum Gasteiger partial charge on any atom is -0.479 e. The Morgan fingerprint density at radius 2 is 1.98 bits per heavy atom. The summed E-state index contributed by atoms with van der Waals surface area (Å²) in [5.74, 6) is 1.21. The smallest absolute Gasteiger partial charge is 0.257 e. The molecule has 1 unspecified atom stereocenters. The Morgan fingerprint density at radius 3 is 2.67 bits per heavy atom. The highest BCUT2D eigenvalue weighted by Crippen LogP contribution is 2.38. The molecule has 13 heteroatoms. The van der Waals surface area contributed by atoms with Gasteiger partial charge in [0.15, 0.2) is 20.6 Å². The summed E-state index contributed by atoms with van der Waals surface area (Å²) < 4.78 is 42.4. The van der Waals surface area contributed by atoms with Crippen LogP contribution in [0, 0.1) is 0 Å². The van der Waals surface area contributed by atoms with Gasteiger partial charge in [-0.1, -0.05) is 0 Å². The number of anilines is 4. The molecule has 212 valence electrons. The molecule has 0 bridgehead atoms. The average Bonchev–Trinajstić information content (AvgIpc) is 3.37. The van der Waals surface area contributed by atoms with Crippen molar-refractivity contribution in [2.45, 2.75) is 43.9 Å². The normalized spacial score (nSPS) is 17.9. The molecule has 2 aliphatic heterocycles. The number of fused-ring (bicyclic) bond motifs is 1. The highest BCUT2D eigenvalue weighted by Gasteiger charge is 2.30. The number of amides is 1. The maximum atomic E-state index is 12.5. The molecular formula is C27H32N6O6S. The quantitative estimate of drug-likeness (QED) is 0.432. The topological polar surface area (TPSA) is 145 Å². The van der Waals surface area contributed by atoms with Crippen LogP contribution in [0.5, 0.6) is 11.6 Å². The van der Waals surface area contributed by atoms with Gasteiger partial charge in [-0.2, -0.15) is 0 Å². The van der Waals surface area contributed by atoms with E-state index in [0.29, 0.717) is 59.0 Å². The van der Waals surface area contributed by atoms with Crippen molar-refractivity contribution in [2.24, 2.45) is 0 Å². The second-order valence-electron chi connectivity index (χ2n) is 10.5. The summed E-state index contributed by atoms with van der Waals surface area (Å²) in [4.78, 5) is 27.2. The van der Waals surface area contributed by atoms with Gasteiger partial charge in [-0.3, -0.25) is 4.79 Å². The Hall–Kier alpha value is -3.97. The first-order chi connectivity index (χ1) is 18.9.